The number of sulfonamides is 1. The highest BCUT2D eigenvalue weighted by Gasteiger charge is 2.34. The normalized spacial score (nSPS) is 18.5. The van der Waals surface area contributed by atoms with Gasteiger partial charge in [0.05, 0.1) is 31.9 Å². The number of aliphatic hydroxyl groups excluding tert-OH is 1. The molecule has 2 aromatic carbocycles. The molecule has 4 rings (SSSR count). The van der Waals surface area contributed by atoms with E-state index in [0.29, 0.717) is 22.7 Å². The molecule has 0 radical (unpaired) electrons. The van der Waals surface area contributed by atoms with Crippen LogP contribution in [0.4, 0.5) is 16.2 Å². The van der Waals surface area contributed by atoms with E-state index in [4.69, 9.17) is 4.74 Å². The third-order valence-electron chi connectivity index (χ3n) is 7.00. The zero-order valence-electron chi connectivity index (χ0n) is 23.5. The lowest BCUT2D eigenvalue weighted by Gasteiger charge is -2.33. The minimum Gasteiger partial charge on any atom is -0.488 e. The van der Waals surface area contributed by atoms with Crippen LogP contribution in [0.25, 0.3) is 0 Å². The number of nitrogens with one attached hydrogen (secondary N) is 2. The number of para-hydroxylation sites is 1. The molecule has 0 saturated carbocycles. The molecule has 220 valence electrons. The van der Waals surface area contributed by atoms with Crippen LogP contribution in [0.1, 0.15) is 19.4 Å². The SMILES string of the molecule is C[C@@H]1CN([C@@H](C)CO)C(=O)Cc2cc(NC(=O)Nc3ccccc3)ccc2O[C@@H]1CN(C)S(=O)(=O)c1cn(C)cn1. The molecule has 3 amide bonds. The molecule has 1 aliphatic heterocycles. The van der Waals surface area contributed by atoms with Crippen LogP contribution in [-0.2, 0) is 28.3 Å². The van der Waals surface area contributed by atoms with Gasteiger partial charge in [-0.2, -0.15) is 4.31 Å². The Labute approximate surface area is 240 Å². The van der Waals surface area contributed by atoms with Gasteiger partial charge in [-0.1, -0.05) is 25.1 Å². The van der Waals surface area contributed by atoms with Gasteiger partial charge in [-0.05, 0) is 37.3 Å². The van der Waals surface area contributed by atoms with Gasteiger partial charge in [-0.15, -0.1) is 0 Å². The summed E-state index contributed by atoms with van der Waals surface area (Å²) in [4.78, 5) is 31.6. The second-order valence-corrected chi connectivity index (χ2v) is 12.3. The summed E-state index contributed by atoms with van der Waals surface area (Å²) in [5.74, 6) is -0.106. The number of benzene rings is 2. The number of urea groups is 1. The maximum Gasteiger partial charge on any atom is 0.323 e. The number of rotatable bonds is 8. The van der Waals surface area contributed by atoms with E-state index < -0.39 is 28.2 Å². The fourth-order valence-corrected chi connectivity index (χ4v) is 5.72. The van der Waals surface area contributed by atoms with Crippen molar-refractivity contribution in [1.29, 1.82) is 0 Å². The number of hydrogen-bond donors (Lipinski definition) is 3. The number of aliphatic hydroxyl groups is 1. The molecule has 3 aromatic rings. The van der Waals surface area contributed by atoms with E-state index in [1.54, 1.807) is 53.8 Å². The number of carbonyl (C=O) groups excluding carboxylic acids is 2. The number of nitrogens with zero attached hydrogens (tertiary/aromatic N) is 4. The fourth-order valence-electron chi connectivity index (χ4n) is 4.57. The summed E-state index contributed by atoms with van der Waals surface area (Å²) in [6.07, 6.45) is 2.18. The first-order valence-corrected chi connectivity index (χ1v) is 14.7. The molecular weight excluding hydrogens is 548 g/mol. The van der Waals surface area contributed by atoms with Gasteiger partial charge in [0, 0.05) is 49.7 Å². The monoisotopic (exact) mass is 584 g/mol. The topological polar surface area (TPSA) is 146 Å². The number of carbonyl (C=O) groups is 2. The Balaban J connectivity index is 1.62. The van der Waals surface area contributed by atoms with Gasteiger partial charge in [-0.3, -0.25) is 4.79 Å². The Morgan fingerprint density at radius 1 is 1.20 bits per heavy atom. The average Bonchev–Trinajstić information content (AvgIpc) is 3.40. The van der Waals surface area contributed by atoms with Crippen molar-refractivity contribution >= 4 is 33.3 Å². The molecule has 2 heterocycles. The lowest BCUT2D eigenvalue weighted by atomic mass is 10.0. The van der Waals surface area contributed by atoms with Gasteiger partial charge in [-0.25, -0.2) is 18.2 Å². The third kappa shape index (κ3) is 7.23. The number of ether oxygens (including phenoxy) is 1. The van der Waals surface area contributed by atoms with Crippen molar-refractivity contribution in [2.75, 3.05) is 37.4 Å². The first-order chi connectivity index (χ1) is 19.5. The largest absolute Gasteiger partial charge is 0.488 e. The molecular formula is C28H36N6O6S. The van der Waals surface area contributed by atoms with Crippen LogP contribution in [0.5, 0.6) is 5.75 Å². The molecule has 3 atom stereocenters. The third-order valence-corrected chi connectivity index (χ3v) is 8.71. The van der Waals surface area contributed by atoms with Crippen molar-refractivity contribution in [2.45, 2.75) is 37.4 Å². The van der Waals surface area contributed by atoms with E-state index in [1.807, 2.05) is 25.1 Å². The van der Waals surface area contributed by atoms with Crippen molar-refractivity contribution in [3.05, 3.63) is 66.6 Å². The molecule has 0 bridgehead atoms. The summed E-state index contributed by atoms with van der Waals surface area (Å²) in [6.45, 7) is 3.65. The minimum absolute atomic E-state index is 0.00542. The average molecular weight is 585 g/mol. The van der Waals surface area contributed by atoms with Gasteiger partial charge >= 0.3 is 6.03 Å². The highest BCUT2D eigenvalue weighted by atomic mass is 32.2. The number of imidazole rings is 1. The number of likely N-dealkylation sites (N-methyl/N-ethyl adjacent to an activating group) is 1. The Morgan fingerprint density at radius 2 is 1.90 bits per heavy atom. The minimum atomic E-state index is -3.89. The van der Waals surface area contributed by atoms with Crippen molar-refractivity contribution in [3.63, 3.8) is 0 Å². The lowest BCUT2D eigenvalue weighted by molar-refractivity contribution is -0.134. The summed E-state index contributed by atoms with van der Waals surface area (Å²) in [5.41, 5.74) is 1.60. The molecule has 0 aliphatic carbocycles. The molecule has 12 nitrogen and oxygen atoms in total. The maximum absolute atomic E-state index is 13.4. The number of amides is 3. The molecule has 0 saturated heterocycles. The summed E-state index contributed by atoms with van der Waals surface area (Å²) < 4.78 is 35.5. The van der Waals surface area contributed by atoms with Crippen LogP contribution in [0.2, 0.25) is 0 Å². The molecule has 0 unspecified atom stereocenters. The molecule has 0 fully saturated rings. The van der Waals surface area contributed by atoms with Crippen LogP contribution >= 0.6 is 0 Å². The van der Waals surface area contributed by atoms with Crippen molar-refractivity contribution in [2.24, 2.45) is 13.0 Å². The molecule has 0 spiro atoms. The second-order valence-electron chi connectivity index (χ2n) is 10.3. The summed E-state index contributed by atoms with van der Waals surface area (Å²) >= 11 is 0. The standard InChI is InChI=1S/C28H36N6O6S/c1-19-14-34(20(2)17-35)27(36)13-21-12-23(31-28(37)30-22-8-6-5-7-9-22)10-11-24(21)40-25(19)15-33(4)41(38,39)26-16-32(3)18-29-26/h5-12,16,18-20,25,35H,13-15,17H2,1-4H3,(H2,30,31,37)/t19-,20+,25-/m1/s1. The van der Waals surface area contributed by atoms with Crippen molar-refractivity contribution in [3.8, 4) is 5.75 Å². The predicted octanol–water partition coefficient (Wildman–Crippen LogP) is 2.53. The van der Waals surface area contributed by atoms with Gasteiger partial charge in [0.2, 0.25) is 5.91 Å². The first-order valence-electron chi connectivity index (χ1n) is 13.2. The van der Waals surface area contributed by atoms with Crippen LogP contribution in [0.15, 0.2) is 66.1 Å². The second kappa shape index (κ2) is 12.7. The zero-order chi connectivity index (χ0) is 29.7. The van der Waals surface area contributed by atoms with E-state index in [1.165, 1.54) is 23.9 Å². The Morgan fingerprint density at radius 3 is 2.56 bits per heavy atom. The van der Waals surface area contributed by atoms with Gasteiger partial charge in [0.15, 0.2) is 5.03 Å². The van der Waals surface area contributed by atoms with Crippen molar-refractivity contribution < 1.29 is 27.9 Å². The van der Waals surface area contributed by atoms with Crippen LogP contribution in [-0.4, -0.2) is 83.1 Å². The van der Waals surface area contributed by atoms with Gasteiger partial charge in [0.25, 0.3) is 10.0 Å². The Bertz CT molecular complexity index is 1480. The Kier molecular flexibility index (Phi) is 9.31. The van der Waals surface area contributed by atoms with Gasteiger partial charge < -0.3 is 29.9 Å². The summed E-state index contributed by atoms with van der Waals surface area (Å²) in [5, 5.41) is 15.3. The lowest BCUT2D eigenvalue weighted by Crippen LogP contribution is -2.48. The maximum atomic E-state index is 13.4. The number of aryl methyl sites for hydroxylation is 1. The fraction of sp³-hybridized carbons (Fsp3) is 0.393. The van der Waals surface area contributed by atoms with E-state index in [-0.39, 0.29) is 43.0 Å². The molecule has 3 N–H and O–H groups in total. The number of fused-ring (bicyclic) bond motifs is 1. The van der Waals surface area contributed by atoms with E-state index in [9.17, 15) is 23.1 Å². The summed E-state index contributed by atoms with van der Waals surface area (Å²) in [7, 11) is -0.741. The zero-order valence-corrected chi connectivity index (χ0v) is 24.3. The van der Waals surface area contributed by atoms with E-state index in [2.05, 4.69) is 15.6 Å². The first kappa shape index (κ1) is 30.0. The summed E-state index contributed by atoms with van der Waals surface area (Å²) in [6, 6.07) is 13.1. The predicted molar refractivity (Wildman–Crippen MR) is 154 cm³/mol. The van der Waals surface area contributed by atoms with Crippen LogP contribution < -0.4 is 15.4 Å². The van der Waals surface area contributed by atoms with Crippen LogP contribution in [0.3, 0.4) is 0 Å². The van der Waals surface area contributed by atoms with E-state index in [0.717, 1.165) is 0 Å². The molecule has 1 aliphatic rings. The molecule has 1 aromatic heterocycles. The number of anilines is 2. The quantitative estimate of drug-likeness (QED) is 0.369. The smallest absolute Gasteiger partial charge is 0.323 e. The molecule has 13 heteroatoms. The highest BCUT2D eigenvalue weighted by molar-refractivity contribution is 7.89. The van der Waals surface area contributed by atoms with E-state index >= 15 is 0 Å². The Hall–Kier alpha value is -3.94. The highest BCUT2D eigenvalue weighted by Crippen LogP contribution is 2.30. The number of aromatic nitrogens is 2. The molecule has 41 heavy (non-hydrogen) atoms. The van der Waals surface area contributed by atoms with Crippen molar-refractivity contribution in [1.82, 2.24) is 18.8 Å². The van der Waals surface area contributed by atoms with Gasteiger partial charge in [0.1, 0.15) is 11.9 Å². The van der Waals surface area contributed by atoms with Crippen LogP contribution in [0, 0.1) is 5.92 Å². The number of hydrogen-bond acceptors (Lipinski definition) is 7.